The first-order valence-corrected chi connectivity index (χ1v) is 9.07. The molecule has 2 aromatic rings. The van der Waals surface area contributed by atoms with Crippen LogP contribution in [-0.4, -0.2) is 29.2 Å². The minimum absolute atomic E-state index is 0.193. The molecule has 0 N–H and O–H groups in total. The van der Waals surface area contributed by atoms with E-state index in [4.69, 9.17) is 4.74 Å². The van der Waals surface area contributed by atoms with Gasteiger partial charge in [-0.3, -0.25) is 0 Å². The zero-order valence-corrected chi connectivity index (χ0v) is 16.4. The molecular formula is C19H24N4OS. The zero-order valence-electron chi connectivity index (χ0n) is 15.6. The van der Waals surface area contributed by atoms with Gasteiger partial charge < -0.3 is 9.64 Å². The zero-order chi connectivity index (χ0) is 18.6. The molecule has 5 nitrogen and oxygen atoms in total. The second-order valence-electron chi connectivity index (χ2n) is 6.32. The number of benzene rings is 1. The number of hydrogen-bond donors (Lipinski definition) is 0. The first-order valence-electron chi connectivity index (χ1n) is 8.30. The van der Waals surface area contributed by atoms with Crippen molar-refractivity contribution < 1.29 is 4.74 Å². The number of rotatable bonds is 6. The average Bonchev–Trinajstić information content (AvgIpc) is 2.99. The summed E-state index contributed by atoms with van der Waals surface area (Å²) >= 11 is 1.23. The van der Waals surface area contributed by atoms with Crippen molar-refractivity contribution in [3.8, 4) is 16.9 Å². The minimum Gasteiger partial charge on any atom is -0.443 e. The van der Waals surface area contributed by atoms with E-state index in [1.807, 2.05) is 58.1 Å². The van der Waals surface area contributed by atoms with Crippen LogP contribution in [0.5, 0.6) is 10.8 Å². The van der Waals surface area contributed by atoms with Crippen molar-refractivity contribution >= 4 is 23.6 Å². The third kappa shape index (κ3) is 4.37. The Bertz CT molecular complexity index is 818. The van der Waals surface area contributed by atoms with Crippen molar-refractivity contribution in [2.75, 3.05) is 13.6 Å². The van der Waals surface area contributed by atoms with Gasteiger partial charge in [0.2, 0.25) is 5.06 Å². The summed E-state index contributed by atoms with van der Waals surface area (Å²) in [7, 11) is 1.99. The fourth-order valence-corrected chi connectivity index (χ4v) is 3.07. The molecule has 0 radical (unpaired) electrons. The second-order valence-corrected chi connectivity index (χ2v) is 7.06. The number of hydrogen-bond acceptors (Lipinski definition) is 5. The van der Waals surface area contributed by atoms with Crippen LogP contribution in [-0.2, 0) is 0 Å². The molecule has 25 heavy (non-hydrogen) atoms. The van der Waals surface area contributed by atoms with Gasteiger partial charge in [-0.25, -0.2) is 4.99 Å². The van der Waals surface area contributed by atoms with Crippen LogP contribution in [0.3, 0.4) is 0 Å². The highest BCUT2D eigenvalue weighted by Crippen LogP contribution is 2.37. The summed E-state index contributed by atoms with van der Waals surface area (Å²) in [6.07, 6.45) is 1.83. The lowest BCUT2D eigenvalue weighted by molar-refractivity contribution is 0.490. The summed E-state index contributed by atoms with van der Waals surface area (Å²) in [6.45, 7) is 11.0. The van der Waals surface area contributed by atoms with E-state index in [-0.39, 0.29) is 5.92 Å². The van der Waals surface area contributed by atoms with Gasteiger partial charge in [-0.1, -0.05) is 13.8 Å². The van der Waals surface area contributed by atoms with Gasteiger partial charge in [-0.05, 0) is 49.9 Å². The van der Waals surface area contributed by atoms with E-state index < -0.39 is 0 Å². The molecule has 1 heterocycles. The van der Waals surface area contributed by atoms with Crippen LogP contribution in [0.25, 0.3) is 0 Å². The number of nitriles is 1. The molecule has 132 valence electrons. The van der Waals surface area contributed by atoms with E-state index >= 15 is 0 Å². The lowest BCUT2D eigenvalue weighted by Crippen LogP contribution is -2.14. The van der Waals surface area contributed by atoms with Crippen LogP contribution in [0, 0.1) is 25.2 Å². The van der Waals surface area contributed by atoms with Crippen LogP contribution >= 0.6 is 11.5 Å². The van der Waals surface area contributed by atoms with Crippen LogP contribution in [0.15, 0.2) is 17.1 Å². The normalized spacial score (nSPS) is 11.1. The van der Waals surface area contributed by atoms with Crippen molar-refractivity contribution in [1.82, 2.24) is 9.27 Å². The maximum absolute atomic E-state index is 9.44. The molecule has 0 bridgehead atoms. The maximum Gasteiger partial charge on any atom is 0.218 e. The van der Waals surface area contributed by atoms with Crippen molar-refractivity contribution in [1.29, 1.82) is 5.26 Å². The van der Waals surface area contributed by atoms with Crippen LogP contribution in [0.1, 0.15) is 49.1 Å². The molecule has 0 amide bonds. The summed E-state index contributed by atoms with van der Waals surface area (Å²) in [5.74, 6) is 0.925. The third-order valence-corrected chi connectivity index (χ3v) is 4.68. The monoisotopic (exact) mass is 356 g/mol. The molecule has 0 saturated heterocycles. The van der Waals surface area contributed by atoms with Crippen LogP contribution in [0.2, 0.25) is 0 Å². The molecule has 0 saturated carbocycles. The first-order chi connectivity index (χ1) is 11.9. The molecule has 0 unspecified atom stereocenters. The van der Waals surface area contributed by atoms with E-state index in [1.165, 1.54) is 11.5 Å². The number of nitrogens with zero attached hydrogens (tertiary/aromatic N) is 4. The van der Waals surface area contributed by atoms with Gasteiger partial charge in [0, 0.05) is 25.1 Å². The van der Waals surface area contributed by atoms with E-state index in [2.05, 4.69) is 22.4 Å². The van der Waals surface area contributed by atoms with Crippen molar-refractivity contribution in [2.24, 2.45) is 4.99 Å². The Hall–Kier alpha value is -2.39. The maximum atomic E-state index is 9.44. The van der Waals surface area contributed by atoms with Crippen LogP contribution < -0.4 is 4.74 Å². The predicted octanol–water partition coefficient (Wildman–Crippen LogP) is 5.16. The second kappa shape index (κ2) is 8.13. The predicted molar refractivity (Wildman–Crippen MR) is 103 cm³/mol. The topological polar surface area (TPSA) is 61.5 Å². The van der Waals surface area contributed by atoms with Gasteiger partial charge in [0.25, 0.3) is 0 Å². The molecule has 6 heteroatoms. The Labute approximate surface area is 153 Å². The van der Waals surface area contributed by atoms with Crippen LogP contribution in [0.4, 0.5) is 5.69 Å². The highest BCUT2D eigenvalue weighted by molar-refractivity contribution is 7.08. The Kier molecular flexibility index (Phi) is 6.16. The van der Waals surface area contributed by atoms with E-state index in [1.54, 1.807) is 0 Å². The Morgan fingerprint density at radius 1 is 1.36 bits per heavy atom. The third-order valence-electron chi connectivity index (χ3n) is 3.93. The number of aryl methyl sites for hydroxylation is 2. The average molecular weight is 356 g/mol. The SMILES string of the molecule is CCN(C)/C=N\c1cc(C)c(Oc2snc(C(C)C)c2C#N)cc1C. The summed E-state index contributed by atoms with van der Waals surface area (Å²) in [5, 5.41) is 9.99. The molecule has 0 aliphatic carbocycles. The van der Waals surface area contributed by atoms with Crippen molar-refractivity contribution in [3.05, 3.63) is 34.5 Å². The van der Waals surface area contributed by atoms with Gasteiger partial charge in [-0.2, -0.15) is 9.64 Å². The fourth-order valence-electron chi connectivity index (χ4n) is 2.22. The smallest absolute Gasteiger partial charge is 0.218 e. The summed E-state index contributed by atoms with van der Waals surface area (Å²) in [5.41, 5.74) is 4.23. The summed E-state index contributed by atoms with van der Waals surface area (Å²) in [4.78, 5) is 6.55. The standard InChI is InChI=1S/C19H24N4OS/c1-7-23(6)11-21-16-8-14(5)17(9-13(16)4)24-19-15(10-20)18(12(2)3)22-25-19/h8-9,11-12H,7H2,1-6H3/b21-11-. The van der Waals surface area contributed by atoms with Gasteiger partial charge >= 0.3 is 0 Å². The fraction of sp³-hybridized carbons (Fsp3) is 0.421. The van der Waals surface area contributed by atoms with E-state index in [0.717, 1.165) is 34.8 Å². The lowest BCUT2D eigenvalue weighted by atomic mass is 10.1. The van der Waals surface area contributed by atoms with E-state index in [9.17, 15) is 5.26 Å². The highest BCUT2D eigenvalue weighted by atomic mass is 32.1. The summed E-state index contributed by atoms with van der Waals surface area (Å²) < 4.78 is 10.4. The largest absolute Gasteiger partial charge is 0.443 e. The number of aliphatic imine (C=N–C) groups is 1. The minimum atomic E-state index is 0.193. The summed E-state index contributed by atoms with van der Waals surface area (Å²) in [6, 6.07) is 6.19. The first kappa shape index (κ1) is 18.9. The Morgan fingerprint density at radius 2 is 2.08 bits per heavy atom. The molecule has 0 atom stereocenters. The van der Waals surface area contributed by atoms with Gasteiger partial charge in [0.05, 0.1) is 17.7 Å². The lowest BCUT2D eigenvalue weighted by Gasteiger charge is -2.12. The molecule has 2 rings (SSSR count). The van der Waals surface area contributed by atoms with E-state index in [0.29, 0.717) is 10.6 Å². The van der Waals surface area contributed by atoms with Crippen molar-refractivity contribution in [3.63, 3.8) is 0 Å². The van der Waals surface area contributed by atoms with Crippen molar-refractivity contribution in [2.45, 2.75) is 40.5 Å². The molecule has 0 spiro atoms. The molecule has 0 fully saturated rings. The quantitative estimate of drug-likeness (QED) is 0.530. The molecule has 0 aliphatic rings. The Balaban J connectivity index is 2.32. The highest BCUT2D eigenvalue weighted by Gasteiger charge is 2.19. The molecular weight excluding hydrogens is 332 g/mol. The van der Waals surface area contributed by atoms with Gasteiger partial charge in [-0.15, -0.1) is 0 Å². The Morgan fingerprint density at radius 3 is 2.68 bits per heavy atom. The molecule has 0 aliphatic heterocycles. The van der Waals surface area contributed by atoms with Gasteiger partial charge in [0.15, 0.2) is 0 Å². The molecule has 1 aromatic heterocycles. The van der Waals surface area contributed by atoms with Gasteiger partial charge in [0.1, 0.15) is 17.4 Å². The molecule has 1 aromatic carbocycles. The number of ether oxygens (including phenoxy) is 1. The number of aromatic nitrogens is 1.